The van der Waals surface area contributed by atoms with Gasteiger partial charge in [-0.3, -0.25) is 4.79 Å². The van der Waals surface area contributed by atoms with Crippen LogP contribution in [-0.4, -0.2) is 58.4 Å². The number of carbonyl (C=O) groups excluding carboxylic acids is 1. The highest BCUT2D eigenvalue weighted by Crippen LogP contribution is 2.00. The second-order valence-corrected chi connectivity index (χ2v) is 4.69. The third-order valence-corrected chi connectivity index (χ3v) is 2.98. The molecule has 20 heavy (non-hydrogen) atoms. The van der Waals surface area contributed by atoms with Gasteiger partial charge in [-0.05, 0) is 25.9 Å². The van der Waals surface area contributed by atoms with Crippen molar-refractivity contribution in [2.24, 2.45) is 0 Å². The summed E-state index contributed by atoms with van der Waals surface area (Å²) in [6, 6.07) is 0. The van der Waals surface area contributed by atoms with Crippen molar-refractivity contribution in [2.45, 2.75) is 32.7 Å². The quantitative estimate of drug-likeness (QED) is 0.611. The highest BCUT2D eigenvalue weighted by molar-refractivity contribution is 5.69. The average Bonchev–Trinajstić information content (AvgIpc) is 2.95. The standard InChI is InChI=1S/C14H25N3O3/c1-2-6-16(9-4-14(19)20-12-11-18)7-3-8-17-10-5-15-13-17/h5,10,13,18H,2-4,6-9,11-12H2,1H3. The van der Waals surface area contributed by atoms with Crippen molar-refractivity contribution < 1.29 is 14.6 Å². The monoisotopic (exact) mass is 283 g/mol. The molecule has 0 aromatic carbocycles. The molecule has 0 amide bonds. The van der Waals surface area contributed by atoms with Gasteiger partial charge >= 0.3 is 5.97 Å². The second-order valence-electron chi connectivity index (χ2n) is 4.69. The normalized spacial score (nSPS) is 10.9. The number of rotatable bonds is 11. The maximum absolute atomic E-state index is 11.4. The summed E-state index contributed by atoms with van der Waals surface area (Å²) in [6.07, 6.45) is 8.03. The van der Waals surface area contributed by atoms with Gasteiger partial charge in [-0.1, -0.05) is 6.92 Å². The van der Waals surface area contributed by atoms with E-state index >= 15 is 0 Å². The van der Waals surface area contributed by atoms with E-state index in [1.54, 1.807) is 6.20 Å². The maximum Gasteiger partial charge on any atom is 0.307 e. The van der Waals surface area contributed by atoms with E-state index in [2.05, 4.69) is 21.4 Å². The zero-order valence-electron chi connectivity index (χ0n) is 12.2. The van der Waals surface area contributed by atoms with E-state index in [0.29, 0.717) is 13.0 Å². The largest absolute Gasteiger partial charge is 0.463 e. The lowest BCUT2D eigenvalue weighted by Crippen LogP contribution is -2.29. The summed E-state index contributed by atoms with van der Waals surface area (Å²) >= 11 is 0. The molecule has 0 aliphatic heterocycles. The smallest absolute Gasteiger partial charge is 0.307 e. The van der Waals surface area contributed by atoms with E-state index < -0.39 is 0 Å². The number of aromatic nitrogens is 2. The van der Waals surface area contributed by atoms with E-state index in [0.717, 1.165) is 32.5 Å². The minimum atomic E-state index is -0.241. The van der Waals surface area contributed by atoms with E-state index in [9.17, 15) is 4.79 Å². The van der Waals surface area contributed by atoms with Crippen LogP contribution in [0, 0.1) is 0 Å². The van der Waals surface area contributed by atoms with Crippen molar-refractivity contribution >= 4 is 5.97 Å². The molecular formula is C14H25N3O3. The molecule has 0 saturated heterocycles. The number of aliphatic hydroxyl groups excluding tert-OH is 1. The molecule has 0 saturated carbocycles. The van der Waals surface area contributed by atoms with Gasteiger partial charge in [0.05, 0.1) is 19.4 Å². The van der Waals surface area contributed by atoms with E-state index in [1.165, 1.54) is 0 Å². The van der Waals surface area contributed by atoms with Crippen LogP contribution in [0.15, 0.2) is 18.7 Å². The minimum Gasteiger partial charge on any atom is -0.463 e. The van der Waals surface area contributed by atoms with Gasteiger partial charge in [0.1, 0.15) is 6.61 Å². The van der Waals surface area contributed by atoms with Gasteiger partial charge in [0, 0.05) is 25.5 Å². The Labute approximate surface area is 120 Å². The lowest BCUT2D eigenvalue weighted by atomic mass is 10.3. The summed E-state index contributed by atoms with van der Waals surface area (Å²) in [7, 11) is 0. The zero-order chi connectivity index (χ0) is 14.6. The van der Waals surface area contributed by atoms with Crippen LogP contribution in [0.3, 0.4) is 0 Å². The Kier molecular flexibility index (Phi) is 8.66. The molecule has 1 aromatic rings. The van der Waals surface area contributed by atoms with Crippen molar-refractivity contribution in [3.63, 3.8) is 0 Å². The number of esters is 1. The number of ether oxygens (including phenoxy) is 1. The average molecular weight is 283 g/mol. The number of aryl methyl sites for hydroxylation is 1. The number of imidazole rings is 1. The summed E-state index contributed by atoms with van der Waals surface area (Å²) in [5.41, 5.74) is 0. The third-order valence-electron chi connectivity index (χ3n) is 2.98. The Morgan fingerprint density at radius 2 is 2.25 bits per heavy atom. The predicted octanol–water partition coefficient (Wildman–Crippen LogP) is 0.911. The van der Waals surface area contributed by atoms with Gasteiger partial charge in [0.2, 0.25) is 0 Å². The molecule has 114 valence electrons. The number of hydrogen-bond donors (Lipinski definition) is 1. The number of aliphatic hydroxyl groups is 1. The predicted molar refractivity (Wildman–Crippen MR) is 76.2 cm³/mol. The highest BCUT2D eigenvalue weighted by Gasteiger charge is 2.08. The molecule has 0 radical (unpaired) electrons. The summed E-state index contributed by atoms with van der Waals surface area (Å²) in [6.45, 7) is 5.70. The molecule has 1 aromatic heterocycles. The first-order valence-electron chi connectivity index (χ1n) is 7.20. The SMILES string of the molecule is CCCN(CCCn1ccnc1)CCC(=O)OCCO. The molecule has 1 N–H and O–H groups in total. The number of carbonyl (C=O) groups is 1. The van der Waals surface area contributed by atoms with Crippen LogP contribution in [0.5, 0.6) is 0 Å². The van der Waals surface area contributed by atoms with Gasteiger partial charge in [0.15, 0.2) is 0 Å². The molecule has 0 atom stereocenters. The van der Waals surface area contributed by atoms with Crippen molar-refractivity contribution in [3.05, 3.63) is 18.7 Å². The summed E-state index contributed by atoms with van der Waals surface area (Å²) in [5, 5.41) is 8.59. The molecule has 0 aliphatic carbocycles. The minimum absolute atomic E-state index is 0.0905. The summed E-state index contributed by atoms with van der Waals surface area (Å²) < 4.78 is 6.91. The van der Waals surface area contributed by atoms with Crippen LogP contribution in [0.25, 0.3) is 0 Å². The Hall–Kier alpha value is -1.40. The maximum atomic E-state index is 11.4. The van der Waals surface area contributed by atoms with E-state index in [-0.39, 0.29) is 19.2 Å². The first kappa shape index (κ1) is 16.7. The van der Waals surface area contributed by atoms with Crippen LogP contribution in [0.4, 0.5) is 0 Å². The van der Waals surface area contributed by atoms with E-state index in [4.69, 9.17) is 9.84 Å². The fraction of sp³-hybridized carbons (Fsp3) is 0.714. The molecule has 1 heterocycles. The Bertz CT molecular complexity index is 355. The van der Waals surface area contributed by atoms with Gasteiger partial charge in [0.25, 0.3) is 0 Å². The lowest BCUT2D eigenvalue weighted by Gasteiger charge is -2.21. The first-order valence-corrected chi connectivity index (χ1v) is 7.20. The number of hydrogen-bond acceptors (Lipinski definition) is 5. The zero-order valence-corrected chi connectivity index (χ0v) is 12.2. The first-order chi connectivity index (χ1) is 9.76. The van der Waals surface area contributed by atoms with Crippen molar-refractivity contribution in [3.8, 4) is 0 Å². The Morgan fingerprint density at radius 3 is 2.90 bits per heavy atom. The third kappa shape index (κ3) is 7.25. The summed E-state index contributed by atoms with van der Waals surface area (Å²) in [4.78, 5) is 17.7. The van der Waals surface area contributed by atoms with Gasteiger partial charge in [-0.2, -0.15) is 0 Å². The fourth-order valence-electron chi connectivity index (χ4n) is 2.03. The molecular weight excluding hydrogens is 258 g/mol. The van der Waals surface area contributed by atoms with Crippen molar-refractivity contribution in [1.82, 2.24) is 14.5 Å². The van der Waals surface area contributed by atoms with Crippen LogP contribution in [0.2, 0.25) is 0 Å². The van der Waals surface area contributed by atoms with Crippen LogP contribution >= 0.6 is 0 Å². The molecule has 6 nitrogen and oxygen atoms in total. The van der Waals surface area contributed by atoms with Crippen LogP contribution < -0.4 is 0 Å². The molecule has 1 rings (SSSR count). The molecule has 6 heteroatoms. The topological polar surface area (TPSA) is 67.6 Å². The lowest BCUT2D eigenvalue weighted by molar-refractivity contribution is -0.145. The van der Waals surface area contributed by atoms with Gasteiger partial charge < -0.3 is 19.3 Å². The van der Waals surface area contributed by atoms with Crippen LogP contribution in [0.1, 0.15) is 26.2 Å². The molecule has 0 spiro atoms. The Morgan fingerprint density at radius 1 is 1.40 bits per heavy atom. The molecule has 0 aliphatic rings. The van der Waals surface area contributed by atoms with Gasteiger partial charge in [-0.15, -0.1) is 0 Å². The molecule has 0 bridgehead atoms. The van der Waals surface area contributed by atoms with Crippen molar-refractivity contribution in [2.75, 3.05) is 32.8 Å². The summed E-state index contributed by atoms with van der Waals surface area (Å²) in [5.74, 6) is -0.241. The van der Waals surface area contributed by atoms with Gasteiger partial charge in [-0.25, -0.2) is 4.98 Å². The fourth-order valence-corrected chi connectivity index (χ4v) is 2.03. The molecule has 0 fully saturated rings. The Balaban J connectivity index is 2.20. The second kappa shape index (κ2) is 10.4. The molecule has 0 unspecified atom stereocenters. The van der Waals surface area contributed by atoms with Crippen molar-refractivity contribution in [1.29, 1.82) is 0 Å². The van der Waals surface area contributed by atoms with E-state index in [1.807, 2.05) is 12.5 Å². The number of nitrogens with zero attached hydrogens (tertiary/aromatic N) is 3. The van der Waals surface area contributed by atoms with Crippen LogP contribution in [-0.2, 0) is 16.1 Å². The highest BCUT2D eigenvalue weighted by atomic mass is 16.5.